The summed E-state index contributed by atoms with van der Waals surface area (Å²) < 4.78 is 0. The number of carbonyl (C=O) groups excluding carboxylic acids is 1. The smallest absolute Gasteiger partial charge is 0.276 e. The lowest BCUT2D eigenvalue weighted by Crippen LogP contribution is -2.27. The summed E-state index contributed by atoms with van der Waals surface area (Å²) in [6.07, 6.45) is 0. The number of aromatic amines is 1. The maximum absolute atomic E-state index is 12.5. The molecule has 1 amide bonds. The lowest BCUT2D eigenvalue weighted by Gasteiger charge is -2.16. The molecule has 3 N–H and O–H groups in total. The van der Waals surface area contributed by atoms with Crippen molar-refractivity contribution in [2.75, 3.05) is 12.8 Å². The minimum Gasteiger partial charge on any atom is -0.395 e. The van der Waals surface area contributed by atoms with Gasteiger partial charge >= 0.3 is 0 Å². The summed E-state index contributed by atoms with van der Waals surface area (Å²) in [5, 5.41) is 6.94. The average molecular weight is 286 g/mol. The maximum atomic E-state index is 12.5. The number of hydrogen-bond acceptors (Lipinski definition) is 3. The minimum absolute atomic E-state index is 0.169. The molecule has 2 rings (SSSR count). The number of carbonyl (C=O) groups is 1. The second kappa shape index (κ2) is 5.99. The largest absolute Gasteiger partial charge is 0.395 e. The van der Waals surface area contributed by atoms with E-state index in [1.807, 2.05) is 39.0 Å². The standard InChI is InChI=1S/C16H22N4O/c1-10(2)14-13(17)15(19-18-14)16(21)20(4)9-12-7-5-6-11(3)8-12/h5-8,10H,9,17H2,1-4H3,(H,18,19). The van der Waals surface area contributed by atoms with Gasteiger partial charge < -0.3 is 10.6 Å². The van der Waals surface area contributed by atoms with E-state index < -0.39 is 0 Å². The number of nitrogens with two attached hydrogens (primary N) is 1. The molecule has 0 aliphatic heterocycles. The normalized spacial score (nSPS) is 10.9. The number of aryl methyl sites for hydroxylation is 1. The van der Waals surface area contributed by atoms with E-state index in [1.54, 1.807) is 11.9 Å². The van der Waals surface area contributed by atoms with Gasteiger partial charge in [0, 0.05) is 13.6 Å². The molecule has 1 aromatic carbocycles. The summed E-state index contributed by atoms with van der Waals surface area (Å²) in [5.74, 6) is 0.0401. The molecule has 0 radical (unpaired) electrons. The first-order chi connectivity index (χ1) is 9.90. The van der Waals surface area contributed by atoms with Gasteiger partial charge in [0.05, 0.1) is 11.4 Å². The number of nitrogen functional groups attached to an aromatic ring is 1. The third kappa shape index (κ3) is 3.24. The van der Waals surface area contributed by atoms with Crippen LogP contribution in [0.4, 0.5) is 5.69 Å². The molecule has 0 spiro atoms. The molecular weight excluding hydrogens is 264 g/mol. The third-order valence-corrected chi connectivity index (χ3v) is 3.46. The van der Waals surface area contributed by atoms with Crippen LogP contribution in [0, 0.1) is 6.92 Å². The molecule has 0 atom stereocenters. The Labute approximate surface area is 125 Å². The van der Waals surface area contributed by atoms with Crippen molar-refractivity contribution in [2.45, 2.75) is 33.2 Å². The molecule has 1 aromatic heterocycles. The number of benzene rings is 1. The van der Waals surface area contributed by atoms with Gasteiger partial charge in [-0.2, -0.15) is 5.10 Å². The van der Waals surface area contributed by atoms with Crippen LogP contribution in [-0.4, -0.2) is 28.1 Å². The molecule has 21 heavy (non-hydrogen) atoms. The Morgan fingerprint density at radius 3 is 2.71 bits per heavy atom. The van der Waals surface area contributed by atoms with Gasteiger partial charge in [-0.1, -0.05) is 43.7 Å². The number of H-pyrrole nitrogens is 1. The van der Waals surface area contributed by atoms with Crippen LogP contribution in [0.25, 0.3) is 0 Å². The highest BCUT2D eigenvalue weighted by Gasteiger charge is 2.21. The monoisotopic (exact) mass is 286 g/mol. The first kappa shape index (κ1) is 15.1. The van der Waals surface area contributed by atoms with E-state index in [2.05, 4.69) is 16.3 Å². The van der Waals surface area contributed by atoms with E-state index in [0.717, 1.165) is 11.3 Å². The number of nitrogens with zero attached hydrogens (tertiary/aromatic N) is 2. The third-order valence-electron chi connectivity index (χ3n) is 3.46. The lowest BCUT2D eigenvalue weighted by atomic mass is 10.1. The molecular formula is C16H22N4O. The maximum Gasteiger partial charge on any atom is 0.276 e. The highest BCUT2D eigenvalue weighted by atomic mass is 16.2. The Kier molecular flexibility index (Phi) is 4.31. The van der Waals surface area contributed by atoms with Gasteiger partial charge in [-0.3, -0.25) is 9.89 Å². The Balaban J connectivity index is 2.16. The molecule has 1 heterocycles. The van der Waals surface area contributed by atoms with E-state index in [1.165, 1.54) is 5.56 Å². The van der Waals surface area contributed by atoms with Crippen molar-refractivity contribution in [3.63, 3.8) is 0 Å². The van der Waals surface area contributed by atoms with Crippen LogP contribution in [0.1, 0.15) is 47.1 Å². The molecule has 0 fully saturated rings. The van der Waals surface area contributed by atoms with Crippen molar-refractivity contribution in [1.29, 1.82) is 0 Å². The van der Waals surface area contributed by atoms with Crippen LogP contribution in [0.15, 0.2) is 24.3 Å². The van der Waals surface area contributed by atoms with Crippen LogP contribution in [0.5, 0.6) is 0 Å². The van der Waals surface area contributed by atoms with Crippen LogP contribution >= 0.6 is 0 Å². The molecule has 5 heteroatoms. The fraction of sp³-hybridized carbons (Fsp3) is 0.375. The van der Waals surface area contributed by atoms with E-state index in [-0.39, 0.29) is 11.8 Å². The molecule has 0 bridgehead atoms. The fourth-order valence-electron chi connectivity index (χ4n) is 2.30. The molecule has 0 saturated carbocycles. The Morgan fingerprint density at radius 1 is 1.43 bits per heavy atom. The summed E-state index contributed by atoms with van der Waals surface area (Å²) in [7, 11) is 1.76. The summed E-state index contributed by atoms with van der Waals surface area (Å²) in [4.78, 5) is 14.1. The van der Waals surface area contributed by atoms with Gasteiger partial charge in [0.25, 0.3) is 5.91 Å². The van der Waals surface area contributed by atoms with Crippen molar-refractivity contribution >= 4 is 11.6 Å². The molecule has 0 aliphatic rings. The summed E-state index contributed by atoms with van der Waals surface area (Å²) in [6.45, 7) is 6.58. The van der Waals surface area contributed by atoms with Gasteiger partial charge in [0.2, 0.25) is 0 Å². The van der Waals surface area contributed by atoms with Crippen molar-refractivity contribution in [1.82, 2.24) is 15.1 Å². The Bertz CT molecular complexity index is 645. The lowest BCUT2D eigenvalue weighted by molar-refractivity contribution is 0.0780. The number of hydrogen-bond donors (Lipinski definition) is 2. The molecule has 0 saturated heterocycles. The average Bonchev–Trinajstić information content (AvgIpc) is 2.79. The predicted octanol–water partition coefficient (Wildman–Crippen LogP) is 2.70. The first-order valence-electron chi connectivity index (χ1n) is 7.05. The van der Waals surface area contributed by atoms with E-state index in [4.69, 9.17) is 5.73 Å². The van der Waals surface area contributed by atoms with Crippen molar-refractivity contribution < 1.29 is 4.79 Å². The number of nitrogens with one attached hydrogen (secondary N) is 1. The van der Waals surface area contributed by atoms with Crippen LogP contribution < -0.4 is 5.73 Å². The Hall–Kier alpha value is -2.30. The zero-order valence-electron chi connectivity index (χ0n) is 13.0. The second-order valence-corrected chi connectivity index (χ2v) is 5.70. The predicted molar refractivity (Wildman–Crippen MR) is 84.1 cm³/mol. The first-order valence-corrected chi connectivity index (χ1v) is 7.05. The fourth-order valence-corrected chi connectivity index (χ4v) is 2.30. The quantitative estimate of drug-likeness (QED) is 0.907. The zero-order valence-corrected chi connectivity index (χ0v) is 13.0. The SMILES string of the molecule is Cc1cccc(CN(C)C(=O)c2n[nH]c(C(C)C)c2N)c1. The van der Waals surface area contributed by atoms with E-state index in [0.29, 0.717) is 17.9 Å². The van der Waals surface area contributed by atoms with Crippen molar-refractivity contribution in [3.05, 3.63) is 46.8 Å². The number of aromatic nitrogens is 2. The van der Waals surface area contributed by atoms with Gasteiger partial charge in [-0.05, 0) is 18.4 Å². The molecule has 2 aromatic rings. The zero-order chi connectivity index (χ0) is 15.6. The van der Waals surface area contributed by atoms with E-state index >= 15 is 0 Å². The number of anilines is 1. The second-order valence-electron chi connectivity index (χ2n) is 5.70. The van der Waals surface area contributed by atoms with Crippen LogP contribution in [0.2, 0.25) is 0 Å². The summed E-state index contributed by atoms with van der Waals surface area (Å²) in [5.41, 5.74) is 9.84. The molecule has 112 valence electrons. The van der Waals surface area contributed by atoms with Crippen LogP contribution in [0.3, 0.4) is 0 Å². The summed E-state index contributed by atoms with van der Waals surface area (Å²) in [6, 6.07) is 8.09. The van der Waals surface area contributed by atoms with Gasteiger partial charge in [0.1, 0.15) is 0 Å². The number of amides is 1. The van der Waals surface area contributed by atoms with Gasteiger partial charge in [-0.25, -0.2) is 0 Å². The molecule has 5 nitrogen and oxygen atoms in total. The van der Waals surface area contributed by atoms with E-state index in [9.17, 15) is 4.79 Å². The number of rotatable bonds is 4. The van der Waals surface area contributed by atoms with Gasteiger partial charge in [-0.15, -0.1) is 0 Å². The van der Waals surface area contributed by atoms with Gasteiger partial charge in [0.15, 0.2) is 5.69 Å². The van der Waals surface area contributed by atoms with Crippen molar-refractivity contribution in [2.24, 2.45) is 0 Å². The molecule has 0 aliphatic carbocycles. The highest BCUT2D eigenvalue weighted by Crippen LogP contribution is 2.23. The van der Waals surface area contributed by atoms with Crippen LogP contribution in [-0.2, 0) is 6.54 Å². The Morgan fingerprint density at radius 2 is 2.14 bits per heavy atom. The summed E-state index contributed by atoms with van der Waals surface area (Å²) >= 11 is 0. The molecule has 0 unspecified atom stereocenters. The topological polar surface area (TPSA) is 75.0 Å². The highest BCUT2D eigenvalue weighted by molar-refractivity contribution is 5.97. The van der Waals surface area contributed by atoms with Crippen molar-refractivity contribution in [3.8, 4) is 0 Å². The minimum atomic E-state index is -0.169.